The number of carbonyl (C=O) groups is 2. The number of halogens is 2. The Morgan fingerprint density at radius 3 is 2.44 bits per heavy atom. The number of hydrogen-bond donors (Lipinski definition) is 1. The first-order valence-corrected chi connectivity index (χ1v) is 12.2. The van der Waals surface area contributed by atoms with Crippen LogP contribution < -0.4 is 14.8 Å². The normalized spacial score (nSPS) is 14.8. The van der Waals surface area contributed by atoms with Gasteiger partial charge in [0.2, 0.25) is 11.8 Å². The van der Waals surface area contributed by atoms with E-state index in [0.717, 1.165) is 32.1 Å². The van der Waals surface area contributed by atoms with Gasteiger partial charge in [-0.1, -0.05) is 37.5 Å². The molecule has 8 heteroatoms. The van der Waals surface area contributed by atoms with E-state index in [1.807, 2.05) is 6.92 Å². The number of benzene rings is 2. The van der Waals surface area contributed by atoms with E-state index in [0.29, 0.717) is 29.2 Å². The Balaban J connectivity index is 2.00. The minimum Gasteiger partial charge on any atom is -0.493 e. The SMILES string of the molecule is CCOc1ccc([C@H](C(=O)NC2CCCCC2)N(Cc2ccc(F)cc2)C(=O)CCl)cc1OC. The van der Waals surface area contributed by atoms with Crippen LogP contribution in [0, 0.1) is 5.82 Å². The summed E-state index contributed by atoms with van der Waals surface area (Å²) in [5, 5.41) is 3.14. The summed E-state index contributed by atoms with van der Waals surface area (Å²) in [5.41, 5.74) is 1.27. The Bertz CT molecular complexity index is 964. The largest absolute Gasteiger partial charge is 0.493 e. The quantitative estimate of drug-likeness (QED) is 0.476. The molecule has 2 aromatic carbocycles. The van der Waals surface area contributed by atoms with Gasteiger partial charge in [0.05, 0.1) is 13.7 Å². The van der Waals surface area contributed by atoms with Gasteiger partial charge in [-0.2, -0.15) is 0 Å². The molecule has 0 aliphatic heterocycles. The molecule has 1 N–H and O–H groups in total. The first-order chi connectivity index (χ1) is 16.5. The van der Waals surface area contributed by atoms with E-state index in [1.165, 1.54) is 24.1 Å². The molecule has 1 atom stereocenters. The van der Waals surface area contributed by atoms with Crippen LogP contribution in [0.15, 0.2) is 42.5 Å². The maximum absolute atomic E-state index is 13.6. The van der Waals surface area contributed by atoms with Crippen LogP contribution in [-0.4, -0.2) is 42.4 Å². The molecule has 3 rings (SSSR count). The lowest BCUT2D eigenvalue weighted by molar-refractivity contribution is -0.140. The Kier molecular flexibility index (Phi) is 9.57. The average molecular weight is 491 g/mol. The highest BCUT2D eigenvalue weighted by molar-refractivity contribution is 6.27. The van der Waals surface area contributed by atoms with E-state index < -0.39 is 11.9 Å². The van der Waals surface area contributed by atoms with E-state index >= 15 is 0 Å². The number of ether oxygens (including phenoxy) is 2. The fourth-order valence-electron chi connectivity index (χ4n) is 4.32. The van der Waals surface area contributed by atoms with Gasteiger partial charge < -0.3 is 19.7 Å². The third kappa shape index (κ3) is 6.63. The van der Waals surface area contributed by atoms with Crippen molar-refractivity contribution >= 4 is 23.4 Å². The number of hydrogen-bond acceptors (Lipinski definition) is 4. The van der Waals surface area contributed by atoms with Crippen molar-refractivity contribution in [1.29, 1.82) is 0 Å². The molecular weight excluding hydrogens is 459 g/mol. The first-order valence-electron chi connectivity index (χ1n) is 11.7. The van der Waals surface area contributed by atoms with Crippen LogP contribution in [0.1, 0.15) is 56.2 Å². The summed E-state index contributed by atoms with van der Waals surface area (Å²) in [7, 11) is 1.53. The zero-order valence-corrected chi connectivity index (χ0v) is 20.4. The van der Waals surface area contributed by atoms with E-state index in [4.69, 9.17) is 21.1 Å². The van der Waals surface area contributed by atoms with Gasteiger partial charge in [0.25, 0.3) is 0 Å². The standard InChI is InChI=1S/C26H32ClFN2O4/c1-3-34-22-14-11-19(15-23(22)33-2)25(26(32)29-21-7-5-4-6-8-21)30(24(31)16-27)17-18-9-12-20(28)13-10-18/h9-15,21,25H,3-8,16-17H2,1-2H3,(H,29,32)/t25-/m1/s1. The molecule has 6 nitrogen and oxygen atoms in total. The number of amides is 2. The Morgan fingerprint density at radius 2 is 1.82 bits per heavy atom. The Morgan fingerprint density at radius 1 is 1.12 bits per heavy atom. The van der Waals surface area contributed by atoms with Crippen LogP contribution in [0.4, 0.5) is 4.39 Å². The lowest BCUT2D eigenvalue weighted by atomic mass is 9.94. The first kappa shape index (κ1) is 25.8. The lowest BCUT2D eigenvalue weighted by Gasteiger charge is -2.33. The number of nitrogens with zero attached hydrogens (tertiary/aromatic N) is 1. The predicted molar refractivity (Wildman–Crippen MR) is 130 cm³/mol. The van der Waals surface area contributed by atoms with Gasteiger partial charge in [-0.15, -0.1) is 11.6 Å². The smallest absolute Gasteiger partial charge is 0.247 e. The second kappa shape index (κ2) is 12.6. The van der Waals surface area contributed by atoms with Crippen LogP contribution in [0.5, 0.6) is 11.5 Å². The number of nitrogens with one attached hydrogen (secondary N) is 1. The maximum atomic E-state index is 13.6. The number of alkyl halides is 1. The fourth-order valence-corrected chi connectivity index (χ4v) is 4.47. The third-order valence-electron chi connectivity index (χ3n) is 6.02. The zero-order valence-electron chi connectivity index (χ0n) is 19.7. The highest BCUT2D eigenvalue weighted by Gasteiger charge is 2.33. The van der Waals surface area contributed by atoms with E-state index in [9.17, 15) is 14.0 Å². The molecule has 0 bridgehead atoms. The number of carbonyl (C=O) groups excluding carboxylic acids is 2. The molecule has 1 aliphatic rings. The molecule has 0 saturated heterocycles. The Labute approximate surface area is 205 Å². The van der Waals surface area contributed by atoms with Crippen molar-refractivity contribution in [2.75, 3.05) is 19.6 Å². The molecule has 2 amide bonds. The van der Waals surface area contributed by atoms with Crippen LogP contribution in [0.2, 0.25) is 0 Å². The summed E-state index contributed by atoms with van der Waals surface area (Å²) in [6, 6.07) is 10.2. The third-order valence-corrected chi connectivity index (χ3v) is 6.24. The highest BCUT2D eigenvalue weighted by Crippen LogP contribution is 2.34. The van der Waals surface area contributed by atoms with Crippen molar-refractivity contribution in [2.45, 2.75) is 57.7 Å². The van der Waals surface area contributed by atoms with E-state index in [2.05, 4.69) is 5.32 Å². The van der Waals surface area contributed by atoms with Gasteiger partial charge in [0, 0.05) is 12.6 Å². The molecule has 34 heavy (non-hydrogen) atoms. The molecule has 1 aliphatic carbocycles. The molecular formula is C26H32ClFN2O4. The monoisotopic (exact) mass is 490 g/mol. The molecule has 0 aromatic heterocycles. The Hall–Kier alpha value is -2.80. The topological polar surface area (TPSA) is 67.9 Å². The van der Waals surface area contributed by atoms with E-state index in [-0.39, 0.29) is 30.2 Å². The summed E-state index contributed by atoms with van der Waals surface area (Å²) in [6.07, 6.45) is 5.10. The second-order valence-corrected chi connectivity index (χ2v) is 8.64. The van der Waals surface area contributed by atoms with E-state index in [1.54, 1.807) is 30.3 Å². The number of methoxy groups -OCH3 is 1. The minimum atomic E-state index is -0.942. The summed E-state index contributed by atoms with van der Waals surface area (Å²) in [6.45, 7) is 2.43. The second-order valence-electron chi connectivity index (χ2n) is 8.37. The number of rotatable bonds is 10. The summed E-state index contributed by atoms with van der Waals surface area (Å²) in [4.78, 5) is 28.1. The van der Waals surface area contributed by atoms with Crippen molar-refractivity contribution in [3.05, 3.63) is 59.4 Å². The summed E-state index contributed by atoms with van der Waals surface area (Å²) in [5.74, 6) is -0.324. The minimum absolute atomic E-state index is 0.0621. The molecule has 1 saturated carbocycles. The average Bonchev–Trinajstić information content (AvgIpc) is 2.85. The van der Waals surface area contributed by atoms with Gasteiger partial charge >= 0.3 is 0 Å². The van der Waals surface area contributed by atoms with Crippen molar-refractivity contribution in [3.8, 4) is 11.5 Å². The maximum Gasteiger partial charge on any atom is 0.247 e. The van der Waals surface area contributed by atoms with Crippen LogP contribution in [-0.2, 0) is 16.1 Å². The van der Waals surface area contributed by atoms with Gasteiger partial charge in [-0.05, 0) is 55.2 Å². The zero-order chi connectivity index (χ0) is 24.5. The van der Waals surface area contributed by atoms with Crippen LogP contribution >= 0.6 is 11.6 Å². The molecule has 0 unspecified atom stereocenters. The van der Waals surface area contributed by atoms with Crippen LogP contribution in [0.25, 0.3) is 0 Å². The highest BCUT2D eigenvalue weighted by atomic mass is 35.5. The summed E-state index contributed by atoms with van der Waals surface area (Å²) >= 11 is 5.96. The van der Waals surface area contributed by atoms with Crippen LogP contribution in [0.3, 0.4) is 0 Å². The molecule has 184 valence electrons. The van der Waals surface area contributed by atoms with Crippen molar-refractivity contribution in [3.63, 3.8) is 0 Å². The lowest BCUT2D eigenvalue weighted by Crippen LogP contribution is -2.47. The van der Waals surface area contributed by atoms with Gasteiger partial charge in [0.15, 0.2) is 11.5 Å². The van der Waals surface area contributed by atoms with Gasteiger partial charge in [0.1, 0.15) is 17.7 Å². The fraction of sp³-hybridized carbons (Fsp3) is 0.462. The van der Waals surface area contributed by atoms with Gasteiger partial charge in [-0.3, -0.25) is 9.59 Å². The van der Waals surface area contributed by atoms with Gasteiger partial charge in [-0.25, -0.2) is 4.39 Å². The van der Waals surface area contributed by atoms with Crippen molar-refractivity contribution in [1.82, 2.24) is 10.2 Å². The summed E-state index contributed by atoms with van der Waals surface area (Å²) < 4.78 is 24.6. The molecule has 2 aromatic rings. The van der Waals surface area contributed by atoms with Crippen molar-refractivity contribution < 1.29 is 23.5 Å². The molecule has 0 radical (unpaired) electrons. The molecule has 1 fully saturated rings. The molecule has 0 spiro atoms. The molecule has 0 heterocycles. The van der Waals surface area contributed by atoms with Crippen molar-refractivity contribution in [2.24, 2.45) is 0 Å². The predicted octanol–water partition coefficient (Wildman–Crippen LogP) is 4.99.